The molecule has 10 heteroatoms. The van der Waals surface area contributed by atoms with Gasteiger partial charge < -0.3 is 21.9 Å². The van der Waals surface area contributed by atoms with Crippen LogP contribution in [-0.2, 0) is 4.79 Å². The van der Waals surface area contributed by atoms with E-state index in [0.29, 0.717) is 11.3 Å². The molecule has 0 aliphatic rings. The predicted octanol–water partition coefficient (Wildman–Crippen LogP) is 3.96. The van der Waals surface area contributed by atoms with Crippen molar-refractivity contribution < 1.29 is 19.5 Å². The summed E-state index contributed by atoms with van der Waals surface area (Å²) in [5.41, 5.74) is 12.5. The molecule has 0 radical (unpaired) electrons. The minimum atomic E-state index is -1.12. The largest absolute Gasteiger partial charge is 0.508 e. The third-order valence-corrected chi connectivity index (χ3v) is 6.28. The maximum Gasteiger partial charge on any atom is 0.273 e. The highest BCUT2D eigenvalue weighted by Gasteiger charge is 2.37. The number of anilines is 2. The number of nitrogens with two attached hydrogens (primary N) is 2. The zero-order chi connectivity index (χ0) is 26.8. The number of nitrogens with zero attached hydrogens (tertiary/aromatic N) is 2. The highest BCUT2D eigenvalue weighted by Crippen LogP contribution is 2.34. The van der Waals surface area contributed by atoms with Crippen molar-refractivity contribution in [2.75, 3.05) is 10.6 Å². The van der Waals surface area contributed by atoms with E-state index < -0.39 is 29.3 Å². The number of phenolic OH excluding ortho intramolecular Hbond substituents is 1. The molecule has 3 amide bonds. The van der Waals surface area contributed by atoms with E-state index in [4.69, 9.17) is 11.5 Å². The molecule has 3 aromatic rings. The molecule has 1 atom stereocenters. The molecule has 0 spiro atoms. The monoisotopic (exact) mass is 509 g/mol. The lowest BCUT2D eigenvalue weighted by Crippen LogP contribution is -2.49. The van der Waals surface area contributed by atoms with Crippen molar-refractivity contribution in [3.8, 4) is 5.75 Å². The Hall–Kier alpha value is -3.92. The molecule has 1 heterocycles. The minimum absolute atomic E-state index is 0.0101. The lowest BCUT2D eigenvalue weighted by molar-refractivity contribution is -0.123. The van der Waals surface area contributed by atoms with Crippen LogP contribution in [0.15, 0.2) is 48.5 Å². The Bertz CT molecular complexity index is 1260. The maximum atomic E-state index is 14.0. The number of hydrogen-bond acceptors (Lipinski definition) is 7. The highest BCUT2D eigenvalue weighted by molar-refractivity contribution is 7.09. The van der Waals surface area contributed by atoms with E-state index in [1.807, 2.05) is 32.9 Å². The van der Waals surface area contributed by atoms with Crippen LogP contribution in [0.2, 0.25) is 0 Å². The van der Waals surface area contributed by atoms with Crippen LogP contribution in [0.5, 0.6) is 5.75 Å². The summed E-state index contributed by atoms with van der Waals surface area (Å²) >= 11 is 0.745. The van der Waals surface area contributed by atoms with Gasteiger partial charge in [-0.25, -0.2) is 0 Å². The van der Waals surface area contributed by atoms with Gasteiger partial charge in [-0.15, -0.1) is 0 Å². The van der Waals surface area contributed by atoms with E-state index >= 15 is 0 Å². The van der Waals surface area contributed by atoms with Crippen LogP contribution in [0.25, 0.3) is 0 Å². The van der Waals surface area contributed by atoms with Crippen LogP contribution >= 0.6 is 11.5 Å². The Labute approximate surface area is 214 Å². The van der Waals surface area contributed by atoms with Crippen molar-refractivity contribution >= 4 is 40.6 Å². The van der Waals surface area contributed by atoms with E-state index in [9.17, 15) is 19.5 Å². The number of carbonyl (C=O) groups excluding carboxylic acids is 3. The molecule has 0 aliphatic carbocycles. The lowest BCUT2D eigenvalue weighted by atomic mass is 9.99. The third-order valence-electron chi connectivity index (χ3n) is 5.43. The molecule has 6 N–H and O–H groups in total. The number of nitrogen functional groups attached to an aromatic ring is 1. The van der Waals surface area contributed by atoms with Gasteiger partial charge in [0, 0.05) is 11.2 Å². The summed E-state index contributed by atoms with van der Waals surface area (Å²) in [6.45, 7) is 9.61. The summed E-state index contributed by atoms with van der Waals surface area (Å²) in [5, 5.41) is 12.8. The Balaban J connectivity index is 2.23. The second-order valence-corrected chi connectivity index (χ2v) is 10.6. The number of carbonyl (C=O) groups is 3. The number of aromatic nitrogens is 1. The zero-order valence-corrected chi connectivity index (χ0v) is 21.7. The van der Waals surface area contributed by atoms with E-state index in [0.717, 1.165) is 17.1 Å². The molecule has 0 unspecified atom stereocenters. The number of primary amides is 1. The summed E-state index contributed by atoms with van der Waals surface area (Å²) in [6, 6.07) is 12.2. The van der Waals surface area contributed by atoms with Crippen molar-refractivity contribution in [1.29, 1.82) is 0 Å². The topological polar surface area (TPSA) is 152 Å². The molecule has 0 bridgehead atoms. The first-order valence-corrected chi connectivity index (χ1v) is 12.2. The van der Waals surface area contributed by atoms with Crippen molar-refractivity contribution in [1.82, 2.24) is 9.69 Å². The smallest absolute Gasteiger partial charge is 0.273 e. The van der Waals surface area contributed by atoms with Gasteiger partial charge in [-0.05, 0) is 73.6 Å². The summed E-state index contributed by atoms with van der Waals surface area (Å²) in [6.07, 6.45) is 0. The van der Waals surface area contributed by atoms with Crippen LogP contribution in [0, 0.1) is 0 Å². The van der Waals surface area contributed by atoms with Gasteiger partial charge in [0.1, 0.15) is 16.7 Å². The van der Waals surface area contributed by atoms with Gasteiger partial charge in [-0.3, -0.25) is 19.3 Å². The zero-order valence-electron chi connectivity index (χ0n) is 20.9. The summed E-state index contributed by atoms with van der Waals surface area (Å²) in [4.78, 5) is 40.7. The standard InChI is InChI=1S/C26H31N5O4S/c1-14(2)15-6-10-17(11-7-15)31(25(35)22-19(27)20(23(28)33)30-36-22)21(24(34)29-26(3,4)5)16-8-12-18(32)13-9-16/h6-14,21,32H,27H2,1-5H3,(H2,28,33)(H,29,34)/t21-/m0/s1. The molecule has 3 rings (SSSR count). The quantitative estimate of drug-likeness (QED) is 0.378. The summed E-state index contributed by atoms with van der Waals surface area (Å²) in [7, 11) is 0. The maximum absolute atomic E-state index is 14.0. The molecule has 2 aromatic carbocycles. The van der Waals surface area contributed by atoms with Crippen LogP contribution in [0.3, 0.4) is 0 Å². The first kappa shape index (κ1) is 26.7. The molecule has 0 saturated carbocycles. The lowest BCUT2D eigenvalue weighted by Gasteiger charge is -2.33. The second kappa shape index (κ2) is 10.4. The first-order valence-electron chi connectivity index (χ1n) is 11.4. The van der Waals surface area contributed by atoms with Gasteiger partial charge in [-0.1, -0.05) is 38.1 Å². The number of aromatic hydroxyl groups is 1. The number of hydrogen-bond donors (Lipinski definition) is 4. The fourth-order valence-corrected chi connectivity index (χ4v) is 4.40. The van der Waals surface area contributed by atoms with Crippen molar-refractivity contribution in [3.05, 3.63) is 70.2 Å². The van der Waals surface area contributed by atoms with Gasteiger partial charge in [0.2, 0.25) is 5.91 Å². The normalized spacial score (nSPS) is 12.3. The summed E-state index contributed by atoms with van der Waals surface area (Å²) in [5.74, 6) is -1.62. The number of rotatable bonds is 7. The number of benzene rings is 2. The van der Waals surface area contributed by atoms with Gasteiger partial charge in [0.25, 0.3) is 11.8 Å². The Morgan fingerprint density at radius 1 is 1.00 bits per heavy atom. The minimum Gasteiger partial charge on any atom is -0.508 e. The molecular weight excluding hydrogens is 478 g/mol. The number of phenols is 1. The highest BCUT2D eigenvalue weighted by atomic mass is 32.1. The fraction of sp³-hybridized carbons (Fsp3) is 0.308. The van der Waals surface area contributed by atoms with Gasteiger partial charge in [0.05, 0.1) is 5.69 Å². The van der Waals surface area contributed by atoms with Gasteiger partial charge >= 0.3 is 0 Å². The molecule has 9 nitrogen and oxygen atoms in total. The fourth-order valence-electron chi connectivity index (χ4n) is 3.65. The SMILES string of the molecule is CC(C)c1ccc(N(C(=O)c2snc(C(N)=O)c2N)[C@H](C(=O)NC(C)(C)C)c2ccc(O)cc2)cc1. The molecular formula is C26H31N5O4S. The van der Waals surface area contributed by atoms with E-state index in [1.54, 1.807) is 24.3 Å². The van der Waals surface area contributed by atoms with E-state index in [1.165, 1.54) is 17.0 Å². The van der Waals surface area contributed by atoms with Gasteiger partial charge in [0.15, 0.2) is 5.69 Å². The van der Waals surface area contributed by atoms with Crippen molar-refractivity contribution in [2.24, 2.45) is 5.73 Å². The predicted molar refractivity (Wildman–Crippen MR) is 141 cm³/mol. The molecule has 0 aliphatic heterocycles. The van der Waals surface area contributed by atoms with Crippen molar-refractivity contribution in [3.63, 3.8) is 0 Å². The Morgan fingerprint density at radius 3 is 2.03 bits per heavy atom. The van der Waals surface area contributed by atoms with Crippen LogP contribution in [0.1, 0.15) is 77.9 Å². The Kier molecular flexibility index (Phi) is 7.68. The molecule has 0 saturated heterocycles. The number of nitrogens with one attached hydrogen (secondary N) is 1. The molecule has 1 aromatic heterocycles. The van der Waals surface area contributed by atoms with E-state index in [2.05, 4.69) is 23.5 Å². The number of amides is 3. The molecule has 36 heavy (non-hydrogen) atoms. The van der Waals surface area contributed by atoms with Crippen LogP contribution in [-0.4, -0.2) is 32.7 Å². The Morgan fingerprint density at radius 2 is 1.56 bits per heavy atom. The van der Waals surface area contributed by atoms with Crippen LogP contribution in [0.4, 0.5) is 11.4 Å². The molecule has 190 valence electrons. The first-order chi connectivity index (χ1) is 16.8. The second-order valence-electron chi connectivity index (χ2n) is 9.79. The third kappa shape index (κ3) is 5.83. The van der Waals surface area contributed by atoms with Crippen molar-refractivity contribution in [2.45, 2.75) is 52.1 Å². The molecule has 0 fully saturated rings. The van der Waals surface area contributed by atoms with Gasteiger partial charge in [-0.2, -0.15) is 4.37 Å². The van der Waals surface area contributed by atoms with Crippen LogP contribution < -0.4 is 21.7 Å². The van der Waals surface area contributed by atoms with E-state index in [-0.39, 0.29) is 27.9 Å². The summed E-state index contributed by atoms with van der Waals surface area (Å²) < 4.78 is 3.96. The average molecular weight is 510 g/mol. The average Bonchev–Trinajstić information content (AvgIpc) is 3.18.